The number of alkyl halides is 3. The lowest BCUT2D eigenvalue weighted by molar-refractivity contribution is -0.174. The Morgan fingerprint density at radius 1 is 1.05 bits per heavy atom. The van der Waals surface area contributed by atoms with Crippen LogP contribution in [0, 0.1) is 0 Å². The van der Waals surface area contributed by atoms with Crippen molar-refractivity contribution >= 4 is 34.6 Å². The molecule has 0 aliphatic carbocycles. The van der Waals surface area contributed by atoms with E-state index in [0.717, 1.165) is 22.6 Å². The highest BCUT2D eigenvalue weighted by Gasteiger charge is 2.42. The van der Waals surface area contributed by atoms with Gasteiger partial charge in [-0.25, -0.2) is 0 Å². The van der Waals surface area contributed by atoms with Crippen molar-refractivity contribution in [3.8, 4) is 5.75 Å². The number of carbonyl (C=O) groups excluding carboxylic acids is 2. The minimum Gasteiger partial charge on any atom is -0.495 e. The van der Waals surface area contributed by atoms with Gasteiger partial charge in [-0.15, -0.1) is 0 Å². The largest absolute Gasteiger partial charge is 0.495 e. The van der Waals surface area contributed by atoms with E-state index in [-0.39, 0.29) is 11.9 Å². The van der Waals surface area contributed by atoms with E-state index in [1.54, 1.807) is 24.4 Å². The van der Waals surface area contributed by atoms with Crippen LogP contribution in [0.4, 0.5) is 35.9 Å². The quantitative estimate of drug-likeness (QED) is 0.509. The number of anilines is 4. The van der Waals surface area contributed by atoms with Gasteiger partial charge in [0.1, 0.15) is 5.75 Å². The average molecular weight is 526 g/mol. The van der Waals surface area contributed by atoms with E-state index in [1.165, 1.54) is 13.3 Å². The molecule has 1 fully saturated rings. The van der Waals surface area contributed by atoms with Crippen LogP contribution in [0.3, 0.4) is 0 Å². The number of hydrogen-bond donors (Lipinski definition) is 2. The maximum absolute atomic E-state index is 13.1. The summed E-state index contributed by atoms with van der Waals surface area (Å²) < 4.78 is 43.9. The van der Waals surface area contributed by atoms with Crippen LogP contribution in [0.1, 0.15) is 34.8 Å². The summed E-state index contributed by atoms with van der Waals surface area (Å²) in [5.74, 6) is -1.72. The summed E-state index contributed by atoms with van der Waals surface area (Å²) in [6, 6.07) is 13.8. The highest BCUT2D eigenvalue weighted by molar-refractivity contribution is 6.05. The van der Waals surface area contributed by atoms with Gasteiger partial charge in [-0.3, -0.25) is 14.6 Å². The average Bonchev–Trinajstić information content (AvgIpc) is 3.01. The van der Waals surface area contributed by atoms with Crippen LogP contribution in [0.25, 0.3) is 0 Å². The summed E-state index contributed by atoms with van der Waals surface area (Å²) in [5, 5.41) is 5.00. The number of benzene rings is 2. The van der Waals surface area contributed by atoms with E-state index in [9.17, 15) is 22.8 Å². The Morgan fingerprint density at radius 2 is 1.84 bits per heavy atom. The van der Waals surface area contributed by atoms with Crippen molar-refractivity contribution in [3.05, 3.63) is 72.1 Å². The van der Waals surface area contributed by atoms with Gasteiger partial charge in [-0.2, -0.15) is 13.2 Å². The first-order valence-corrected chi connectivity index (χ1v) is 12.1. The summed E-state index contributed by atoms with van der Waals surface area (Å²) >= 11 is 0. The van der Waals surface area contributed by atoms with Crippen LogP contribution >= 0.6 is 0 Å². The number of para-hydroxylation sites is 1. The van der Waals surface area contributed by atoms with Gasteiger partial charge in [0.2, 0.25) is 0 Å². The molecule has 2 aliphatic rings. The van der Waals surface area contributed by atoms with Crippen LogP contribution in [-0.4, -0.2) is 49.7 Å². The smallest absolute Gasteiger partial charge is 0.471 e. The van der Waals surface area contributed by atoms with Crippen LogP contribution in [0.15, 0.2) is 60.9 Å². The first-order valence-electron chi connectivity index (χ1n) is 12.1. The minimum absolute atomic E-state index is 0.260. The molecule has 3 aromatic rings. The van der Waals surface area contributed by atoms with Gasteiger partial charge in [0.25, 0.3) is 5.91 Å². The third-order valence-corrected chi connectivity index (χ3v) is 6.97. The van der Waals surface area contributed by atoms with Gasteiger partial charge >= 0.3 is 12.1 Å². The van der Waals surface area contributed by atoms with Crippen molar-refractivity contribution in [2.45, 2.75) is 31.1 Å². The number of carbonyl (C=O) groups is 2. The molecule has 0 radical (unpaired) electrons. The van der Waals surface area contributed by atoms with E-state index in [2.05, 4.69) is 20.5 Å². The molecule has 0 bridgehead atoms. The molecule has 0 spiro atoms. The highest BCUT2D eigenvalue weighted by atomic mass is 19.4. The first kappa shape index (κ1) is 25.4. The third kappa shape index (κ3) is 4.83. The van der Waals surface area contributed by atoms with Gasteiger partial charge in [-0.05, 0) is 42.7 Å². The predicted octanol–water partition coefficient (Wildman–Crippen LogP) is 4.81. The molecule has 5 rings (SSSR count). The fourth-order valence-electron chi connectivity index (χ4n) is 5.13. The lowest BCUT2D eigenvalue weighted by Crippen LogP contribution is -2.49. The zero-order valence-electron chi connectivity index (χ0n) is 20.7. The number of methoxy groups -OCH3 is 1. The molecule has 8 nitrogen and oxygen atoms in total. The molecule has 2 atom stereocenters. The summed E-state index contributed by atoms with van der Waals surface area (Å²) in [4.78, 5) is 32.9. The third-order valence-electron chi connectivity index (χ3n) is 6.97. The van der Waals surface area contributed by atoms with E-state index in [4.69, 9.17) is 4.74 Å². The second-order valence-electron chi connectivity index (χ2n) is 9.29. The van der Waals surface area contributed by atoms with Crippen molar-refractivity contribution < 1.29 is 27.5 Å². The van der Waals surface area contributed by atoms with Gasteiger partial charge in [-0.1, -0.05) is 18.2 Å². The summed E-state index contributed by atoms with van der Waals surface area (Å²) in [5.41, 5.74) is 4.37. The molecule has 38 heavy (non-hydrogen) atoms. The number of hydrogen-bond acceptors (Lipinski definition) is 6. The maximum atomic E-state index is 13.1. The number of pyridine rings is 1. The number of amides is 2. The van der Waals surface area contributed by atoms with Crippen LogP contribution in [0.2, 0.25) is 0 Å². The van der Waals surface area contributed by atoms with Gasteiger partial charge in [0.05, 0.1) is 42.6 Å². The number of nitrogens with one attached hydrogen (secondary N) is 2. The van der Waals surface area contributed by atoms with Crippen LogP contribution in [-0.2, 0) is 4.79 Å². The van der Waals surface area contributed by atoms with Gasteiger partial charge in [0, 0.05) is 37.0 Å². The van der Waals surface area contributed by atoms with E-state index in [1.807, 2.05) is 42.3 Å². The molecule has 198 valence electrons. The van der Waals surface area contributed by atoms with Crippen molar-refractivity contribution in [2.75, 3.05) is 35.8 Å². The molecular weight excluding hydrogens is 499 g/mol. The summed E-state index contributed by atoms with van der Waals surface area (Å²) in [6.45, 7) is 0.434. The molecule has 2 unspecified atom stereocenters. The van der Waals surface area contributed by atoms with Crippen LogP contribution < -0.4 is 25.2 Å². The molecule has 2 aliphatic heterocycles. The Balaban J connectivity index is 1.47. The maximum Gasteiger partial charge on any atom is 0.471 e. The number of nitrogens with zero attached hydrogens (tertiary/aromatic N) is 3. The Hall–Kier alpha value is -4.28. The standard InChI is InChI=1S/C27H26F3N5O3/c1-34-21-6-4-3-5-20(21)23-13-17(33-26(37)27(28,29)30)9-10-35(23)22-8-7-16(11-24(22)34)25(36)32-18-12-19(38-2)15-31-14-18/h3-8,11-12,14-15,17,23H,9-10,13H2,1-2H3,(H,32,36)(H,33,37). The lowest BCUT2D eigenvalue weighted by Gasteiger charge is -2.41. The van der Waals surface area contributed by atoms with Crippen molar-refractivity contribution in [1.29, 1.82) is 0 Å². The molecule has 0 saturated carbocycles. The molecule has 1 aromatic heterocycles. The van der Waals surface area contributed by atoms with Gasteiger partial charge < -0.3 is 25.2 Å². The molecule has 2 amide bonds. The van der Waals surface area contributed by atoms with Crippen molar-refractivity contribution in [2.24, 2.45) is 0 Å². The monoisotopic (exact) mass is 525 g/mol. The number of ether oxygens (including phenoxy) is 1. The Labute approximate surface area is 217 Å². The topological polar surface area (TPSA) is 86.8 Å². The number of piperidine rings is 1. The number of fused-ring (bicyclic) bond motifs is 5. The summed E-state index contributed by atoms with van der Waals surface area (Å²) in [6.07, 6.45) is -1.19. The second-order valence-corrected chi connectivity index (χ2v) is 9.29. The second kappa shape index (κ2) is 9.88. The molecular formula is C27H26F3N5O3. The van der Waals surface area contributed by atoms with E-state index in [0.29, 0.717) is 36.4 Å². The number of rotatable bonds is 4. The van der Waals surface area contributed by atoms with Gasteiger partial charge in [0.15, 0.2) is 0 Å². The van der Waals surface area contributed by atoms with E-state index < -0.39 is 18.1 Å². The molecule has 2 N–H and O–H groups in total. The Morgan fingerprint density at radius 3 is 2.61 bits per heavy atom. The van der Waals surface area contributed by atoms with Crippen LogP contribution in [0.5, 0.6) is 5.75 Å². The SMILES string of the molecule is COc1cncc(NC(=O)c2ccc3c(c2)N(C)c2ccccc2C2CC(NC(=O)C(F)(F)F)CCN32)c1. The molecule has 11 heteroatoms. The number of aromatic nitrogens is 1. The zero-order valence-corrected chi connectivity index (χ0v) is 20.7. The molecule has 3 heterocycles. The van der Waals surface area contributed by atoms with Crippen molar-refractivity contribution in [1.82, 2.24) is 10.3 Å². The molecule has 2 aromatic carbocycles. The summed E-state index contributed by atoms with van der Waals surface area (Å²) in [7, 11) is 3.41. The fraction of sp³-hybridized carbons (Fsp3) is 0.296. The predicted molar refractivity (Wildman–Crippen MR) is 137 cm³/mol. The first-order chi connectivity index (χ1) is 18.2. The number of halogens is 3. The van der Waals surface area contributed by atoms with Crippen molar-refractivity contribution in [3.63, 3.8) is 0 Å². The fourth-order valence-corrected chi connectivity index (χ4v) is 5.13. The zero-order chi connectivity index (χ0) is 27.0. The minimum atomic E-state index is -4.93. The van der Waals surface area contributed by atoms with E-state index >= 15 is 0 Å². The normalized spacial score (nSPS) is 18.4. The Kier molecular flexibility index (Phi) is 6.60. The molecule has 1 saturated heterocycles. The Bertz CT molecular complexity index is 1380. The lowest BCUT2D eigenvalue weighted by atomic mass is 9.90. The highest BCUT2D eigenvalue weighted by Crippen LogP contribution is 2.48.